The summed E-state index contributed by atoms with van der Waals surface area (Å²) in [5.41, 5.74) is 0.394. The first kappa shape index (κ1) is 16.9. The fraction of sp³-hybridized carbons (Fsp3) is 0.176. The number of hydrogen-bond donors (Lipinski definition) is 1. The average molecular weight is 352 g/mol. The normalized spacial score (nSPS) is 13.6. The van der Waals surface area contributed by atoms with Crippen LogP contribution >= 0.6 is 0 Å². The number of rotatable bonds is 2. The van der Waals surface area contributed by atoms with Gasteiger partial charge in [-0.25, -0.2) is 4.39 Å². The minimum atomic E-state index is -4.49. The Balaban J connectivity index is 2.11. The second-order valence-corrected chi connectivity index (χ2v) is 5.48. The second-order valence-electron chi connectivity index (χ2n) is 5.48. The number of amides is 2. The number of alkyl halides is 3. The van der Waals surface area contributed by atoms with Gasteiger partial charge in [-0.05, 0) is 30.3 Å². The predicted octanol–water partition coefficient (Wildman–Crippen LogP) is 4.40. The molecule has 2 aromatic carbocycles. The highest BCUT2D eigenvalue weighted by Crippen LogP contribution is 2.39. The number of carbonyl (C=O) groups excluding carboxylic acids is 2. The summed E-state index contributed by atoms with van der Waals surface area (Å²) in [5.74, 6) is -2.18. The maximum Gasteiger partial charge on any atom is 0.389 e. The van der Waals surface area contributed by atoms with Crippen molar-refractivity contribution in [2.75, 3.05) is 10.2 Å². The molecule has 3 rings (SSSR count). The molecule has 0 saturated heterocycles. The number of halogens is 4. The molecule has 0 fully saturated rings. The summed E-state index contributed by atoms with van der Waals surface area (Å²) in [6, 6.07) is 9.40. The van der Waals surface area contributed by atoms with Crippen LogP contribution in [0.3, 0.4) is 0 Å². The molecule has 0 aliphatic carbocycles. The van der Waals surface area contributed by atoms with E-state index in [1.54, 1.807) is 12.1 Å². The van der Waals surface area contributed by atoms with Crippen molar-refractivity contribution >= 4 is 28.9 Å². The van der Waals surface area contributed by atoms with Gasteiger partial charge in [-0.1, -0.05) is 12.1 Å². The largest absolute Gasteiger partial charge is 0.389 e. The van der Waals surface area contributed by atoms with E-state index in [2.05, 4.69) is 5.32 Å². The van der Waals surface area contributed by atoms with Crippen molar-refractivity contribution in [3.8, 4) is 0 Å². The lowest BCUT2D eigenvalue weighted by atomic mass is 10.1. The van der Waals surface area contributed by atoms with Crippen molar-refractivity contribution < 1.29 is 27.2 Å². The molecule has 2 amide bonds. The van der Waals surface area contributed by atoms with E-state index in [1.165, 1.54) is 18.2 Å². The summed E-state index contributed by atoms with van der Waals surface area (Å²) in [7, 11) is 0. The van der Waals surface area contributed by atoms with Crippen molar-refractivity contribution in [2.45, 2.75) is 19.0 Å². The minimum absolute atomic E-state index is 0.0380. The lowest BCUT2D eigenvalue weighted by Gasteiger charge is -2.24. The van der Waals surface area contributed by atoms with Gasteiger partial charge in [0, 0.05) is 6.42 Å². The van der Waals surface area contributed by atoms with Gasteiger partial charge in [0.1, 0.15) is 5.82 Å². The Morgan fingerprint density at radius 1 is 1.08 bits per heavy atom. The van der Waals surface area contributed by atoms with Crippen molar-refractivity contribution in [2.24, 2.45) is 0 Å². The standard InChI is InChI=1S/C17H12F4N2O2/c18-10-5-6-13-11(9-10)16(25)22-12-3-1-2-4-14(12)23(13)15(24)7-8-17(19,20)21/h1-6,9H,7-8H2,(H,22,25). The van der Waals surface area contributed by atoms with Crippen LogP contribution in [0.25, 0.3) is 0 Å². The van der Waals surface area contributed by atoms with Gasteiger partial charge in [0.05, 0.1) is 29.0 Å². The van der Waals surface area contributed by atoms with Crippen LogP contribution in [0, 0.1) is 5.82 Å². The van der Waals surface area contributed by atoms with Gasteiger partial charge in [0.25, 0.3) is 5.91 Å². The molecule has 130 valence electrons. The zero-order chi connectivity index (χ0) is 18.2. The summed E-state index contributed by atoms with van der Waals surface area (Å²) >= 11 is 0. The Morgan fingerprint density at radius 2 is 1.80 bits per heavy atom. The van der Waals surface area contributed by atoms with Gasteiger partial charge >= 0.3 is 6.18 Å². The van der Waals surface area contributed by atoms with E-state index in [1.807, 2.05) is 0 Å². The van der Waals surface area contributed by atoms with E-state index in [4.69, 9.17) is 0 Å². The fourth-order valence-electron chi connectivity index (χ4n) is 2.61. The smallest absolute Gasteiger partial charge is 0.320 e. The SMILES string of the molecule is O=C1Nc2ccccc2N(C(=O)CCC(F)(F)F)c2ccc(F)cc21. The highest BCUT2D eigenvalue weighted by molar-refractivity contribution is 6.17. The van der Waals surface area contributed by atoms with E-state index in [0.717, 1.165) is 17.0 Å². The second kappa shape index (κ2) is 6.19. The van der Waals surface area contributed by atoms with Gasteiger partial charge in [0.2, 0.25) is 5.91 Å². The van der Waals surface area contributed by atoms with E-state index >= 15 is 0 Å². The third kappa shape index (κ3) is 3.47. The van der Waals surface area contributed by atoms with Crippen LogP contribution in [-0.2, 0) is 4.79 Å². The number of para-hydroxylation sites is 2. The third-order valence-corrected chi connectivity index (χ3v) is 3.71. The quantitative estimate of drug-likeness (QED) is 0.815. The number of fused-ring (bicyclic) bond motifs is 2. The maximum atomic E-state index is 13.5. The van der Waals surface area contributed by atoms with Crippen molar-refractivity contribution in [3.05, 3.63) is 53.8 Å². The summed E-state index contributed by atoms with van der Waals surface area (Å²) in [5, 5.41) is 2.54. The van der Waals surface area contributed by atoms with Crippen LogP contribution in [0.5, 0.6) is 0 Å². The molecule has 1 aliphatic rings. The van der Waals surface area contributed by atoms with Crippen LogP contribution in [0.15, 0.2) is 42.5 Å². The van der Waals surface area contributed by atoms with Gasteiger partial charge in [-0.2, -0.15) is 13.2 Å². The molecule has 1 aliphatic heterocycles. The molecule has 25 heavy (non-hydrogen) atoms. The Kier molecular flexibility index (Phi) is 4.20. The lowest BCUT2D eigenvalue weighted by Crippen LogP contribution is -2.28. The van der Waals surface area contributed by atoms with Crippen LogP contribution in [-0.4, -0.2) is 18.0 Å². The molecular weight excluding hydrogens is 340 g/mol. The molecule has 0 aromatic heterocycles. The zero-order valence-corrected chi connectivity index (χ0v) is 12.7. The number of carbonyl (C=O) groups is 2. The van der Waals surface area contributed by atoms with E-state index < -0.39 is 36.6 Å². The minimum Gasteiger partial charge on any atom is -0.320 e. The molecule has 0 atom stereocenters. The summed E-state index contributed by atoms with van der Waals surface area (Å²) in [6.45, 7) is 0. The zero-order valence-electron chi connectivity index (χ0n) is 12.7. The fourth-order valence-corrected chi connectivity index (χ4v) is 2.61. The van der Waals surface area contributed by atoms with E-state index in [0.29, 0.717) is 0 Å². The third-order valence-electron chi connectivity index (χ3n) is 3.71. The first-order valence-electron chi connectivity index (χ1n) is 7.36. The number of benzene rings is 2. The van der Waals surface area contributed by atoms with Crippen molar-refractivity contribution in [1.82, 2.24) is 0 Å². The first-order chi connectivity index (χ1) is 11.8. The van der Waals surface area contributed by atoms with E-state index in [9.17, 15) is 27.2 Å². The molecule has 0 saturated carbocycles. The Bertz CT molecular complexity index is 849. The van der Waals surface area contributed by atoms with Crippen LogP contribution in [0.2, 0.25) is 0 Å². The molecule has 0 bridgehead atoms. The summed E-state index contributed by atoms with van der Waals surface area (Å²) in [6.07, 6.45) is -6.56. The molecule has 0 radical (unpaired) electrons. The van der Waals surface area contributed by atoms with Gasteiger partial charge in [-0.3, -0.25) is 14.5 Å². The number of nitrogens with zero attached hydrogens (tertiary/aromatic N) is 1. The molecule has 1 heterocycles. The van der Waals surface area contributed by atoms with Gasteiger partial charge < -0.3 is 5.32 Å². The molecule has 0 spiro atoms. The van der Waals surface area contributed by atoms with Crippen molar-refractivity contribution in [3.63, 3.8) is 0 Å². The van der Waals surface area contributed by atoms with Gasteiger partial charge in [0.15, 0.2) is 0 Å². The highest BCUT2D eigenvalue weighted by atomic mass is 19.4. The van der Waals surface area contributed by atoms with Crippen LogP contribution in [0.4, 0.5) is 34.6 Å². The Labute approximate surface area is 140 Å². The lowest BCUT2D eigenvalue weighted by molar-refractivity contribution is -0.142. The van der Waals surface area contributed by atoms with Crippen molar-refractivity contribution in [1.29, 1.82) is 0 Å². The van der Waals surface area contributed by atoms with Crippen LogP contribution < -0.4 is 10.2 Å². The Morgan fingerprint density at radius 3 is 2.52 bits per heavy atom. The monoisotopic (exact) mass is 352 g/mol. The first-order valence-corrected chi connectivity index (χ1v) is 7.36. The average Bonchev–Trinajstić information content (AvgIpc) is 2.66. The molecule has 1 N–H and O–H groups in total. The maximum absolute atomic E-state index is 13.5. The number of anilines is 3. The predicted molar refractivity (Wildman–Crippen MR) is 83.2 cm³/mol. The topological polar surface area (TPSA) is 49.4 Å². The van der Waals surface area contributed by atoms with Crippen LogP contribution in [0.1, 0.15) is 23.2 Å². The molecule has 4 nitrogen and oxygen atoms in total. The molecular formula is C17H12F4N2O2. The van der Waals surface area contributed by atoms with Gasteiger partial charge in [-0.15, -0.1) is 0 Å². The molecule has 8 heteroatoms. The summed E-state index contributed by atoms with van der Waals surface area (Å²) < 4.78 is 51.0. The molecule has 2 aromatic rings. The Hall–Kier alpha value is -2.90. The number of nitrogens with one attached hydrogen (secondary N) is 1. The summed E-state index contributed by atoms with van der Waals surface area (Å²) in [4.78, 5) is 25.8. The number of hydrogen-bond acceptors (Lipinski definition) is 2. The van der Waals surface area contributed by atoms with E-state index in [-0.39, 0.29) is 22.6 Å². The highest BCUT2D eigenvalue weighted by Gasteiger charge is 2.33. The molecule has 0 unspecified atom stereocenters.